The van der Waals surface area contributed by atoms with Gasteiger partial charge in [0.05, 0.1) is 6.54 Å². The van der Waals surface area contributed by atoms with Crippen LogP contribution in [-0.2, 0) is 13.1 Å². The third-order valence-corrected chi connectivity index (χ3v) is 3.21. The predicted molar refractivity (Wildman–Crippen MR) is 71.9 cm³/mol. The smallest absolute Gasteiger partial charge is 0.573 e. The first kappa shape index (κ1) is 18.5. The van der Waals surface area contributed by atoms with E-state index in [4.69, 9.17) is 0 Å². The summed E-state index contributed by atoms with van der Waals surface area (Å²) in [4.78, 5) is 0. The molecular formula is C15H18BrF3N2O. The van der Waals surface area contributed by atoms with Gasteiger partial charge in [-0.1, -0.05) is 19.1 Å². The van der Waals surface area contributed by atoms with E-state index >= 15 is 0 Å². The minimum absolute atomic E-state index is 0. The van der Waals surface area contributed by atoms with Crippen LogP contribution in [0.5, 0.6) is 5.75 Å². The Bertz CT molecular complexity index is 611. The van der Waals surface area contributed by atoms with Gasteiger partial charge in [-0.3, -0.25) is 0 Å². The van der Waals surface area contributed by atoms with Crippen LogP contribution in [0.3, 0.4) is 0 Å². The quantitative estimate of drug-likeness (QED) is 0.690. The summed E-state index contributed by atoms with van der Waals surface area (Å²) < 4.78 is 44.7. The Morgan fingerprint density at radius 2 is 2.00 bits per heavy atom. The Hall–Kier alpha value is -1.50. The third-order valence-electron chi connectivity index (χ3n) is 3.21. The molecule has 1 aromatic carbocycles. The van der Waals surface area contributed by atoms with Gasteiger partial charge in [-0.25, -0.2) is 9.13 Å². The van der Waals surface area contributed by atoms with Crippen molar-refractivity contribution in [2.45, 2.75) is 39.7 Å². The number of hydrogen-bond donors (Lipinski definition) is 0. The molecule has 0 aliphatic carbocycles. The molecule has 2 aromatic rings. The summed E-state index contributed by atoms with van der Waals surface area (Å²) in [5, 5.41) is 0. The van der Waals surface area contributed by atoms with Crippen LogP contribution in [0.4, 0.5) is 13.2 Å². The van der Waals surface area contributed by atoms with Crippen LogP contribution in [0.25, 0.3) is 0 Å². The second kappa shape index (κ2) is 7.67. The van der Waals surface area contributed by atoms with Crippen molar-refractivity contribution in [3.05, 3.63) is 48.0 Å². The van der Waals surface area contributed by atoms with Gasteiger partial charge in [0.25, 0.3) is 5.82 Å². The van der Waals surface area contributed by atoms with Crippen LogP contribution in [-0.4, -0.2) is 10.9 Å². The Morgan fingerprint density at radius 1 is 1.27 bits per heavy atom. The van der Waals surface area contributed by atoms with Crippen molar-refractivity contribution in [1.82, 2.24) is 4.57 Å². The Morgan fingerprint density at radius 3 is 2.64 bits per heavy atom. The summed E-state index contributed by atoms with van der Waals surface area (Å²) in [6.45, 7) is 5.53. The lowest BCUT2D eigenvalue weighted by molar-refractivity contribution is -0.694. The first-order valence-corrected chi connectivity index (χ1v) is 6.79. The zero-order chi connectivity index (χ0) is 15.5. The molecule has 0 bridgehead atoms. The number of halogens is 4. The van der Waals surface area contributed by atoms with E-state index in [1.165, 1.54) is 12.1 Å². The fraction of sp³-hybridized carbons (Fsp3) is 0.400. The highest BCUT2D eigenvalue weighted by molar-refractivity contribution is 5.28. The van der Waals surface area contributed by atoms with E-state index in [9.17, 15) is 13.2 Å². The van der Waals surface area contributed by atoms with Crippen LogP contribution in [0.1, 0.15) is 24.7 Å². The Balaban J connectivity index is 0.00000242. The molecule has 0 spiro atoms. The van der Waals surface area contributed by atoms with Crippen molar-refractivity contribution in [1.29, 1.82) is 0 Å². The van der Waals surface area contributed by atoms with Gasteiger partial charge in [0.1, 0.15) is 24.7 Å². The van der Waals surface area contributed by atoms with Crippen molar-refractivity contribution in [2.24, 2.45) is 0 Å². The van der Waals surface area contributed by atoms with Crippen LogP contribution in [0.15, 0.2) is 36.7 Å². The molecule has 0 amide bonds. The molecule has 22 heavy (non-hydrogen) atoms. The Kier molecular flexibility index (Phi) is 6.47. The van der Waals surface area contributed by atoms with E-state index < -0.39 is 6.36 Å². The van der Waals surface area contributed by atoms with Gasteiger partial charge in [0.15, 0.2) is 0 Å². The molecule has 2 rings (SSSR count). The fourth-order valence-electron chi connectivity index (χ4n) is 2.22. The number of rotatable bonds is 5. The number of aromatic nitrogens is 2. The average Bonchev–Trinajstić information content (AvgIpc) is 2.71. The molecule has 0 fully saturated rings. The van der Waals surface area contributed by atoms with E-state index in [0.29, 0.717) is 6.54 Å². The van der Waals surface area contributed by atoms with E-state index in [1.807, 2.05) is 23.9 Å². The van der Waals surface area contributed by atoms with Crippen LogP contribution < -0.4 is 26.3 Å². The summed E-state index contributed by atoms with van der Waals surface area (Å²) in [6.07, 6.45) is 0.285. The molecule has 3 nitrogen and oxygen atoms in total. The molecular weight excluding hydrogens is 361 g/mol. The minimum Gasteiger partial charge on any atom is -1.00 e. The third kappa shape index (κ3) is 5.05. The number of benzene rings is 1. The fourth-order valence-corrected chi connectivity index (χ4v) is 2.22. The molecule has 0 N–H and O–H groups in total. The Labute approximate surface area is 138 Å². The van der Waals surface area contributed by atoms with E-state index in [1.54, 1.807) is 12.1 Å². The maximum absolute atomic E-state index is 12.2. The predicted octanol–water partition coefficient (Wildman–Crippen LogP) is 0.445. The standard InChI is InChI=1S/C15H18F3N2O.BrH/c1-3-7-19-8-9-20(12(19)2)11-13-5-4-6-14(10-13)21-15(16,17)18;/h4-6,8-10H,3,7,11H2,1-2H3;1H/q+1;/p-1. The van der Waals surface area contributed by atoms with Crippen LogP contribution >= 0.6 is 0 Å². The van der Waals surface area contributed by atoms with Gasteiger partial charge < -0.3 is 21.7 Å². The topological polar surface area (TPSA) is 18.0 Å². The second-order valence-electron chi connectivity index (χ2n) is 4.86. The molecule has 7 heteroatoms. The first-order valence-electron chi connectivity index (χ1n) is 6.79. The van der Waals surface area contributed by atoms with Gasteiger partial charge in [0.2, 0.25) is 0 Å². The molecule has 0 aliphatic heterocycles. The van der Waals surface area contributed by atoms with Gasteiger partial charge in [0, 0.05) is 6.92 Å². The number of nitrogens with zero attached hydrogens (tertiary/aromatic N) is 2. The van der Waals surface area contributed by atoms with Gasteiger partial charge in [-0.05, 0) is 24.1 Å². The van der Waals surface area contributed by atoms with E-state index in [-0.39, 0.29) is 22.7 Å². The van der Waals surface area contributed by atoms with Crippen LogP contribution in [0, 0.1) is 6.92 Å². The first-order chi connectivity index (χ1) is 9.89. The highest BCUT2D eigenvalue weighted by Crippen LogP contribution is 2.23. The summed E-state index contributed by atoms with van der Waals surface area (Å²) in [7, 11) is 0. The zero-order valence-electron chi connectivity index (χ0n) is 12.4. The summed E-state index contributed by atoms with van der Waals surface area (Å²) in [6, 6.07) is 6.07. The molecule has 122 valence electrons. The number of hydrogen-bond acceptors (Lipinski definition) is 1. The largest absolute Gasteiger partial charge is 1.00 e. The molecule has 0 saturated carbocycles. The number of imidazole rings is 1. The SMILES string of the molecule is CCCn1cc[n+](Cc2cccc(OC(F)(F)F)c2)c1C.[Br-]. The summed E-state index contributed by atoms with van der Waals surface area (Å²) in [5.41, 5.74) is 0.763. The van der Waals surface area contributed by atoms with E-state index in [0.717, 1.165) is 24.4 Å². The molecule has 1 aromatic heterocycles. The maximum Gasteiger partial charge on any atom is 0.573 e. The number of ether oxygens (including phenoxy) is 1. The number of aryl methyl sites for hydroxylation is 1. The molecule has 0 radical (unpaired) electrons. The van der Waals surface area contributed by atoms with Crippen molar-refractivity contribution >= 4 is 0 Å². The minimum atomic E-state index is -4.66. The highest BCUT2D eigenvalue weighted by atomic mass is 79.9. The lowest BCUT2D eigenvalue weighted by atomic mass is 10.2. The highest BCUT2D eigenvalue weighted by Gasteiger charge is 2.31. The molecule has 1 heterocycles. The summed E-state index contributed by atoms with van der Waals surface area (Å²) in [5.74, 6) is 0.880. The van der Waals surface area contributed by atoms with Crippen molar-refractivity contribution in [3.8, 4) is 5.75 Å². The van der Waals surface area contributed by atoms with E-state index in [2.05, 4.69) is 16.2 Å². The number of alkyl halides is 3. The molecule has 0 aliphatic rings. The van der Waals surface area contributed by atoms with Crippen molar-refractivity contribution < 1.29 is 39.5 Å². The maximum atomic E-state index is 12.2. The normalized spacial score (nSPS) is 11.1. The average molecular weight is 379 g/mol. The van der Waals surface area contributed by atoms with Gasteiger partial charge in [-0.2, -0.15) is 0 Å². The summed E-state index contributed by atoms with van der Waals surface area (Å²) >= 11 is 0. The van der Waals surface area contributed by atoms with Crippen molar-refractivity contribution in [3.63, 3.8) is 0 Å². The lowest BCUT2D eigenvalue weighted by Crippen LogP contribution is -3.00. The second-order valence-corrected chi connectivity index (χ2v) is 4.86. The zero-order valence-corrected chi connectivity index (χ0v) is 14.0. The molecule has 0 atom stereocenters. The lowest BCUT2D eigenvalue weighted by Gasteiger charge is -2.09. The van der Waals surface area contributed by atoms with Gasteiger partial charge in [-0.15, -0.1) is 13.2 Å². The monoisotopic (exact) mass is 378 g/mol. The van der Waals surface area contributed by atoms with Crippen molar-refractivity contribution in [2.75, 3.05) is 0 Å². The van der Waals surface area contributed by atoms with Gasteiger partial charge >= 0.3 is 6.36 Å². The van der Waals surface area contributed by atoms with Crippen LogP contribution in [0.2, 0.25) is 0 Å². The molecule has 0 unspecified atom stereocenters. The molecule has 0 saturated heterocycles.